The summed E-state index contributed by atoms with van der Waals surface area (Å²) in [6.45, 7) is 2.74. The maximum absolute atomic E-state index is 15.7. The van der Waals surface area contributed by atoms with Gasteiger partial charge in [-0.3, -0.25) is 18.9 Å². The van der Waals surface area contributed by atoms with Gasteiger partial charge in [-0.25, -0.2) is 35.9 Å². The lowest BCUT2D eigenvalue weighted by Crippen LogP contribution is -2.35. The van der Waals surface area contributed by atoms with Crippen molar-refractivity contribution in [2.45, 2.75) is 56.7 Å². The number of carbonyl (C=O) groups excluding carboxylic acids is 1. The Kier molecular flexibility index (Phi) is 10.3. The van der Waals surface area contributed by atoms with Crippen molar-refractivity contribution in [2.24, 2.45) is 13.0 Å². The number of fused-ring (bicyclic) bond motifs is 4. The number of aryl methyl sites for hydroxylation is 1. The highest BCUT2D eigenvalue weighted by atomic mass is 35.5. The molecule has 2 N–H and O–H groups in total. The summed E-state index contributed by atoms with van der Waals surface area (Å²) in [7, 11) is -2.29. The molecule has 2 aromatic carbocycles. The number of rotatable bonds is 11. The number of allylic oxidation sites excluding steroid dienone is 2. The van der Waals surface area contributed by atoms with Crippen molar-refractivity contribution < 1.29 is 39.6 Å². The number of halogens is 7. The van der Waals surface area contributed by atoms with Crippen molar-refractivity contribution in [1.29, 1.82) is 0 Å². The third-order valence-electron chi connectivity index (χ3n) is 10.6. The first-order chi connectivity index (χ1) is 28.7. The number of benzene rings is 2. The highest BCUT2D eigenvalue weighted by Gasteiger charge is 2.60. The third-order valence-corrected chi connectivity index (χ3v) is 11.5. The number of carbonyl (C=O) groups is 1. The van der Waals surface area contributed by atoms with E-state index in [0.29, 0.717) is 27.4 Å². The molecule has 1 amide bonds. The number of imidazole rings is 1. The summed E-state index contributed by atoms with van der Waals surface area (Å²) in [4.78, 5) is 23.1. The van der Waals surface area contributed by atoms with Gasteiger partial charge in [0.15, 0.2) is 5.82 Å². The summed E-state index contributed by atoms with van der Waals surface area (Å²) in [6.07, 6.45) is 4.94. The number of anilines is 1. The lowest BCUT2D eigenvalue weighted by molar-refractivity contribution is -0.123. The van der Waals surface area contributed by atoms with Gasteiger partial charge in [0.1, 0.15) is 40.8 Å². The quantitative estimate of drug-likeness (QED) is 0.0779. The zero-order chi connectivity index (χ0) is 43.8. The fourth-order valence-electron chi connectivity index (χ4n) is 7.87. The van der Waals surface area contributed by atoms with Crippen LogP contribution in [0, 0.1) is 29.4 Å². The topological polar surface area (TPSA) is 142 Å². The summed E-state index contributed by atoms with van der Waals surface area (Å²) in [5.41, 5.74) is -1.47. The molecular formula is C41H34ClF6N9O3S. The molecule has 0 saturated heterocycles. The fraction of sp³-hybridized carbons (Fsp3) is 0.293. The second-order valence-electron chi connectivity index (χ2n) is 15.3. The Morgan fingerprint density at radius 1 is 1.03 bits per heavy atom. The number of pyridine rings is 1. The van der Waals surface area contributed by atoms with Gasteiger partial charge in [0.05, 0.1) is 46.2 Å². The number of sulfonamides is 1. The van der Waals surface area contributed by atoms with Crippen molar-refractivity contribution in [3.63, 3.8) is 0 Å². The van der Waals surface area contributed by atoms with Gasteiger partial charge in [-0.05, 0) is 62.1 Å². The van der Waals surface area contributed by atoms with Crippen molar-refractivity contribution in [3.05, 3.63) is 124 Å². The number of aromatic nitrogens is 7. The van der Waals surface area contributed by atoms with E-state index in [1.54, 1.807) is 48.5 Å². The monoisotopic (exact) mass is 881 g/mol. The van der Waals surface area contributed by atoms with Crippen LogP contribution in [0.25, 0.3) is 22.0 Å². The molecule has 0 radical (unpaired) electrons. The maximum atomic E-state index is 15.7. The van der Waals surface area contributed by atoms with E-state index in [0.717, 1.165) is 18.4 Å². The molecule has 6 aromatic rings. The van der Waals surface area contributed by atoms with Crippen LogP contribution < -0.4 is 10.0 Å². The molecule has 4 heterocycles. The van der Waals surface area contributed by atoms with Crippen LogP contribution in [0.3, 0.4) is 0 Å². The Morgan fingerprint density at radius 2 is 1.75 bits per heavy atom. The molecule has 4 aromatic heterocycles. The van der Waals surface area contributed by atoms with Gasteiger partial charge in [-0.15, -0.1) is 0 Å². The van der Waals surface area contributed by atoms with Gasteiger partial charge in [-0.1, -0.05) is 35.7 Å². The molecule has 0 bridgehead atoms. The van der Waals surface area contributed by atoms with E-state index >= 15 is 8.78 Å². The van der Waals surface area contributed by atoms with E-state index in [1.165, 1.54) is 22.9 Å². The average Bonchev–Trinajstić information content (AvgIpc) is 3.91. The number of nitrogens with one attached hydrogen (secondary N) is 2. The molecule has 3 atom stereocenters. The predicted molar refractivity (Wildman–Crippen MR) is 213 cm³/mol. The van der Waals surface area contributed by atoms with Crippen molar-refractivity contribution in [2.75, 3.05) is 11.0 Å². The Morgan fingerprint density at radius 3 is 2.39 bits per heavy atom. The summed E-state index contributed by atoms with van der Waals surface area (Å²) in [5.74, 6) is -2.68. The van der Waals surface area contributed by atoms with Gasteiger partial charge < -0.3 is 9.88 Å². The van der Waals surface area contributed by atoms with Crippen LogP contribution in [0.5, 0.6) is 0 Å². The number of amides is 1. The molecular weight excluding hydrogens is 848 g/mol. The molecule has 0 fully saturated rings. The van der Waals surface area contributed by atoms with E-state index in [2.05, 4.69) is 37.1 Å². The lowest BCUT2D eigenvalue weighted by atomic mass is 9.81. The number of hydrogen-bond acceptors (Lipinski definition) is 7. The summed E-state index contributed by atoms with van der Waals surface area (Å²) in [6, 6.07) is 7.76. The highest BCUT2D eigenvalue weighted by Crippen LogP contribution is 2.60. The van der Waals surface area contributed by atoms with Crippen LogP contribution in [0.2, 0.25) is 5.02 Å². The molecule has 0 spiro atoms. The average molecular weight is 882 g/mol. The van der Waals surface area contributed by atoms with E-state index in [9.17, 15) is 30.8 Å². The summed E-state index contributed by atoms with van der Waals surface area (Å²) in [5, 5.41) is 11.2. The van der Waals surface area contributed by atoms with Crippen molar-refractivity contribution >= 4 is 44.3 Å². The molecule has 2 aliphatic carbocycles. The van der Waals surface area contributed by atoms with E-state index in [1.807, 2.05) is 13.8 Å². The molecule has 316 valence electrons. The molecule has 0 unspecified atom stereocenters. The lowest BCUT2D eigenvalue weighted by Gasteiger charge is -2.27. The Hall–Kier alpha value is -6.13. The summed E-state index contributed by atoms with van der Waals surface area (Å²) < 4.78 is 120. The first kappa shape index (κ1) is 41.6. The molecule has 0 saturated carbocycles. The highest BCUT2D eigenvalue weighted by molar-refractivity contribution is 7.92. The summed E-state index contributed by atoms with van der Waals surface area (Å²) >= 11 is 6.63. The van der Waals surface area contributed by atoms with Crippen LogP contribution in [-0.4, -0.2) is 54.7 Å². The van der Waals surface area contributed by atoms with Gasteiger partial charge in [0, 0.05) is 48.1 Å². The van der Waals surface area contributed by atoms with E-state index in [-0.39, 0.29) is 45.2 Å². The molecule has 0 aliphatic heterocycles. The van der Waals surface area contributed by atoms with Crippen LogP contribution in [0.1, 0.15) is 66.1 Å². The SMILES string of the molecule is Cn1nc(NS(C)(=O)=O)c2c(Cl)ccc(-c3ccc(C#CC(C)(C)n4ccnc4)nc3[C@H](Cc3cc(F)cc(F)c3)NC(=O)Cn3nc(C(F)F)c4c3C(F)(F)[C@@H]3C=C[C@H]43)c21. The minimum Gasteiger partial charge on any atom is -0.346 e. The second-order valence-corrected chi connectivity index (χ2v) is 17.5. The first-order valence-electron chi connectivity index (χ1n) is 18.6. The fourth-order valence-corrected chi connectivity index (χ4v) is 8.61. The predicted octanol–water partition coefficient (Wildman–Crippen LogP) is 7.53. The zero-order valence-corrected chi connectivity index (χ0v) is 34.1. The van der Waals surface area contributed by atoms with Crippen LogP contribution in [-0.2, 0) is 46.3 Å². The van der Waals surface area contributed by atoms with Gasteiger partial charge in [0.2, 0.25) is 15.9 Å². The molecule has 2 aliphatic rings. The maximum Gasteiger partial charge on any atom is 0.296 e. The number of alkyl halides is 4. The Bertz CT molecular complexity index is 2930. The molecule has 8 rings (SSSR count). The Labute approximate surface area is 349 Å². The number of nitrogens with zero attached hydrogens (tertiary/aromatic N) is 7. The first-order valence-corrected chi connectivity index (χ1v) is 20.8. The minimum absolute atomic E-state index is 0.0591. The van der Waals surface area contributed by atoms with Crippen molar-refractivity contribution in [3.8, 4) is 23.0 Å². The normalized spacial score (nSPS) is 17.1. The van der Waals surface area contributed by atoms with Gasteiger partial charge in [-0.2, -0.15) is 19.0 Å². The largest absolute Gasteiger partial charge is 0.346 e. The molecule has 61 heavy (non-hydrogen) atoms. The molecule has 20 heteroatoms. The number of hydrogen-bond donors (Lipinski definition) is 2. The van der Waals surface area contributed by atoms with Crippen LogP contribution in [0.15, 0.2) is 73.3 Å². The third kappa shape index (κ3) is 7.74. The standard InChI is InChI=1S/C41H34ClF6N9O3S/c1-40(2,56-14-13-49-20-56)12-11-24-5-6-25(26-8-10-29(42)33-36(26)55(3)53-39(33)54-61(4,59)60)34(50-24)30(17-21-15-22(43)18-23(44)16-21)51-31(58)19-57-37-32(35(52-57)38(45)46)27-7-9-28(27)41(37,47)48/h5-10,13-16,18,20,27-28,30,38H,17,19H2,1-4H3,(H,51,58)(H,53,54)/t27-,28+,30-/m0/s1. The van der Waals surface area contributed by atoms with Gasteiger partial charge >= 0.3 is 0 Å². The van der Waals surface area contributed by atoms with E-state index < -0.39 is 81.3 Å². The minimum atomic E-state index is -3.84. The van der Waals surface area contributed by atoms with E-state index in [4.69, 9.17) is 16.6 Å². The van der Waals surface area contributed by atoms with Gasteiger partial charge in [0.25, 0.3) is 12.3 Å². The van der Waals surface area contributed by atoms with Crippen LogP contribution in [0.4, 0.5) is 32.2 Å². The van der Waals surface area contributed by atoms with Crippen molar-refractivity contribution in [1.82, 2.24) is 39.4 Å². The second kappa shape index (κ2) is 15.1. The van der Waals surface area contributed by atoms with Crippen LogP contribution >= 0.6 is 11.6 Å². The molecule has 12 nitrogen and oxygen atoms in total. The smallest absolute Gasteiger partial charge is 0.296 e. The zero-order valence-electron chi connectivity index (χ0n) is 32.6. The Balaban J connectivity index is 1.29.